The van der Waals surface area contributed by atoms with Crippen LogP contribution in [0.1, 0.15) is 57.1 Å². The van der Waals surface area contributed by atoms with E-state index in [2.05, 4.69) is 22.5 Å². The summed E-state index contributed by atoms with van der Waals surface area (Å²) >= 11 is 0. The molecule has 0 bridgehead atoms. The Kier molecular flexibility index (Phi) is 11.4. The Balaban J connectivity index is 1.55. The van der Waals surface area contributed by atoms with Gasteiger partial charge < -0.3 is 24.3 Å². The highest BCUT2D eigenvalue weighted by atomic mass is 16.6. The fraction of sp³-hybridized carbons (Fsp3) is 0.367. The molecule has 0 unspecified atom stereocenters. The van der Waals surface area contributed by atoms with Crippen molar-refractivity contribution in [3.63, 3.8) is 0 Å². The summed E-state index contributed by atoms with van der Waals surface area (Å²) in [7, 11) is 1.53. The molecule has 0 aliphatic heterocycles. The second kappa shape index (κ2) is 15.2. The topological polar surface area (TPSA) is 98.9 Å². The van der Waals surface area contributed by atoms with Crippen LogP contribution in [0.4, 0.5) is 0 Å². The standard InChI is InChI=1S/C30H36N2O6/c1-4-25(5-2)38-32-28(19-30(33)34)24-13-17-27(18-14-24)36-20-22-11-15-26(16-12-22)37-21-29(31-35-3)23-9-7-6-8-10-23/h7,9-18,25H,4-6,8,19-21H2,1-3H3,(H,33,34). The van der Waals surface area contributed by atoms with Crippen LogP contribution >= 0.6 is 0 Å². The first-order valence-electron chi connectivity index (χ1n) is 12.9. The lowest BCUT2D eigenvalue weighted by Gasteiger charge is -2.13. The SMILES string of the molecule is CCC(CC)ON=C(CC(=O)O)c1ccc(OCc2ccc(OCC(=NOC)C3=CCCC=C3)cc2)cc1. The smallest absolute Gasteiger partial charge is 0.309 e. The van der Waals surface area contributed by atoms with Crippen molar-refractivity contribution in [2.45, 2.75) is 58.7 Å². The largest absolute Gasteiger partial charge is 0.489 e. The highest BCUT2D eigenvalue weighted by Crippen LogP contribution is 2.19. The van der Waals surface area contributed by atoms with Gasteiger partial charge in [0.25, 0.3) is 0 Å². The summed E-state index contributed by atoms with van der Waals surface area (Å²) in [6.07, 6.45) is 9.66. The number of nitrogens with zero attached hydrogens (tertiary/aromatic N) is 2. The normalized spacial score (nSPS) is 13.7. The average molecular weight is 521 g/mol. The van der Waals surface area contributed by atoms with E-state index in [0.29, 0.717) is 30.2 Å². The van der Waals surface area contributed by atoms with Crippen molar-refractivity contribution >= 4 is 17.4 Å². The van der Waals surface area contributed by atoms with E-state index in [4.69, 9.17) is 19.1 Å². The summed E-state index contributed by atoms with van der Waals surface area (Å²) < 4.78 is 11.8. The predicted molar refractivity (Wildman–Crippen MR) is 148 cm³/mol. The molecule has 2 aromatic carbocycles. The van der Waals surface area contributed by atoms with Gasteiger partial charge in [-0.05, 0) is 73.2 Å². The van der Waals surface area contributed by atoms with E-state index < -0.39 is 5.97 Å². The lowest BCUT2D eigenvalue weighted by molar-refractivity contribution is -0.135. The summed E-state index contributed by atoms with van der Waals surface area (Å²) in [5.74, 6) is 0.428. The molecule has 202 valence electrons. The van der Waals surface area contributed by atoms with E-state index in [0.717, 1.165) is 48.3 Å². The zero-order valence-electron chi connectivity index (χ0n) is 22.3. The van der Waals surface area contributed by atoms with Crippen LogP contribution in [0, 0.1) is 0 Å². The average Bonchev–Trinajstić information content (AvgIpc) is 2.95. The third-order valence-electron chi connectivity index (χ3n) is 5.96. The minimum atomic E-state index is -0.963. The molecule has 0 aromatic heterocycles. The maximum Gasteiger partial charge on any atom is 0.309 e. The van der Waals surface area contributed by atoms with Crippen LogP contribution in [-0.2, 0) is 21.1 Å². The maximum atomic E-state index is 11.3. The molecule has 3 rings (SSSR count). The van der Waals surface area contributed by atoms with Gasteiger partial charge in [-0.15, -0.1) is 0 Å². The molecule has 38 heavy (non-hydrogen) atoms. The van der Waals surface area contributed by atoms with Crippen molar-refractivity contribution < 1.29 is 29.0 Å². The Morgan fingerprint density at radius 2 is 1.61 bits per heavy atom. The third kappa shape index (κ3) is 9.10. The number of ether oxygens (including phenoxy) is 2. The number of hydrogen-bond acceptors (Lipinski definition) is 7. The number of hydrogen-bond donors (Lipinski definition) is 1. The van der Waals surface area contributed by atoms with Crippen LogP contribution in [0.5, 0.6) is 11.5 Å². The summed E-state index contributed by atoms with van der Waals surface area (Å²) in [5, 5.41) is 17.5. The van der Waals surface area contributed by atoms with E-state index in [1.54, 1.807) is 24.3 Å². The molecule has 0 fully saturated rings. The van der Waals surface area contributed by atoms with Crippen LogP contribution in [0.2, 0.25) is 0 Å². The van der Waals surface area contributed by atoms with Crippen LogP contribution < -0.4 is 9.47 Å². The first kappa shape index (κ1) is 28.5. The minimum Gasteiger partial charge on any atom is -0.489 e. The van der Waals surface area contributed by atoms with Crippen molar-refractivity contribution in [1.29, 1.82) is 0 Å². The number of aliphatic carboxylic acids is 1. The number of rotatable bonds is 15. The van der Waals surface area contributed by atoms with Gasteiger partial charge in [0.1, 0.15) is 43.6 Å². The summed E-state index contributed by atoms with van der Waals surface area (Å²) in [4.78, 5) is 21.8. The van der Waals surface area contributed by atoms with Gasteiger partial charge in [0.15, 0.2) is 0 Å². The van der Waals surface area contributed by atoms with Crippen LogP contribution in [0.15, 0.2) is 82.6 Å². The van der Waals surface area contributed by atoms with Gasteiger partial charge in [0, 0.05) is 5.56 Å². The van der Waals surface area contributed by atoms with Gasteiger partial charge in [0.2, 0.25) is 0 Å². The van der Waals surface area contributed by atoms with Crippen molar-refractivity contribution in [1.82, 2.24) is 0 Å². The molecule has 8 nitrogen and oxygen atoms in total. The predicted octanol–water partition coefficient (Wildman–Crippen LogP) is 6.31. The van der Waals surface area contributed by atoms with E-state index in [1.807, 2.05) is 44.2 Å². The van der Waals surface area contributed by atoms with Crippen molar-refractivity contribution in [2.75, 3.05) is 13.7 Å². The van der Waals surface area contributed by atoms with Crippen molar-refractivity contribution in [3.05, 3.63) is 83.5 Å². The van der Waals surface area contributed by atoms with Gasteiger partial charge in [-0.25, -0.2) is 0 Å². The fourth-order valence-corrected chi connectivity index (χ4v) is 3.75. The van der Waals surface area contributed by atoms with E-state index in [-0.39, 0.29) is 12.5 Å². The minimum absolute atomic E-state index is 0.0369. The molecule has 0 radical (unpaired) electrons. The van der Waals surface area contributed by atoms with E-state index in [9.17, 15) is 9.90 Å². The van der Waals surface area contributed by atoms with Crippen molar-refractivity contribution in [2.24, 2.45) is 10.3 Å². The number of oxime groups is 2. The van der Waals surface area contributed by atoms with Gasteiger partial charge in [-0.1, -0.05) is 54.5 Å². The zero-order valence-corrected chi connectivity index (χ0v) is 22.3. The molecular weight excluding hydrogens is 484 g/mol. The Morgan fingerprint density at radius 1 is 0.921 bits per heavy atom. The quantitative estimate of drug-likeness (QED) is 0.218. The number of carboxylic acids is 1. The number of benzene rings is 2. The zero-order chi connectivity index (χ0) is 27.2. The molecule has 0 saturated heterocycles. The molecule has 0 saturated carbocycles. The van der Waals surface area contributed by atoms with Crippen LogP contribution in [0.25, 0.3) is 0 Å². The molecule has 0 heterocycles. The summed E-state index contributed by atoms with van der Waals surface area (Å²) in [6.45, 7) is 4.70. The second-order valence-electron chi connectivity index (χ2n) is 8.76. The van der Waals surface area contributed by atoms with E-state index in [1.165, 1.54) is 7.11 Å². The lowest BCUT2D eigenvalue weighted by Crippen LogP contribution is -2.14. The molecule has 8 heteroatoms. The van der Waals surface area contributed by atoms with Gasteiger partial charge >= 0.3 is 5.97 Å². The lowest BCUT2D eigenvalue weighted by atomic mass is 10.0. The summed E-state index contributed by atoms with van der Waals surface area (Å²) in [5.41, 5.74) is 3.81. The van der Waals surface area contributed by atoms with Gasteiger partial charge in [-0.3, -0.25) is 4.79 Å². The first-order valence-corrected chi connectivity index (χ1v) is 12.9. The summed E-state index contributed by atoms with van der Waals surface area (Å²) in [6, 6.07) is 14.9. The molecule has 1 aliphatic rings. The fourth-order valence-electron chi connectivity index (χ4n) is 3.75. The maximum absolute atomic E-state index is 11.3. The molecule has 0 amide bonds. The molecular formula is C30H36N2O6. The van der Waals surface area contributed by atoms with Crippen LogP contribution in [0.3, 0.4) is 0 Å². The molecule has 0 spiro atoms. The molecule has 0 atom stereocenters. The van der Waals surface area contributed by atoms with Gasteiger partial charge in [0.05, 0.1) is 12.1 Å². The van der Waals surface area contributed by atoms with Crippen LogP contribution in [-0.4, -0.2) is 42.3 Å². The highest BCUT2D eigenvalue weighted by Gasteiger charge is 2.13. The Hall–Kier alpha value is -4.07. The number of carbonyl (C=O) groups is 1. The first-order chi connectivity index (χ1) is 18.5. The number of allylic oxidation sites excluding steroid dienone is 3. The Labute approximate surface area is 224 Å². The third-order valence-corrected chi connectivity index (χ3v) is 5.96. The number of carboxylic acid groups (broad SMARTS) is 1. The molecule has 1 N–H and O–H groups in total. The van der Waals surface area contributed by atoms with Gasteiger partial charge in [-0.2, -0.15) is 0 Å². The second-order valence-corrected chi connectivity index (χ2v) is 8.76. The monoisotopic (exact) mass is 520 g/mol. The Bertz CT molecular complexity index is 1150. The Morgan fingerprint density at radius 3 is 2.21 bits per heavy atom. The van der Waals surface area contributed by atoms with E-state index >= 15 is 0 Å². The molecule has 1 aliphatic carbocycles. The highest BCUT2D eigenvalue weighted by molar-refractivity contribution is 6.08. The molecule has 2 aromatic rings. The van der Waals surface area contributed by atoms with Crippen molar-refractivity contribution in [3.8, 4) is 11.5 Å².